The van der Waals surface area contributed by atoms with Gasteiger partial charge in [-0.25, -0.2) is 0 Å². The van der Waals surface area contributed by atoms with E-state index >= 15 is 0 Å². The van der Waals surface area contributed by atoms with Gasteiger partial charge in [-0.2, -0.15) is 4.98 Å². The molecule has 1 heterocycles. The van der Waals surface area contributed by atoms with E-state index in [-0.39, 0.29) is 12.4 Å². The van der Waals surface area contributed by atoms with Gasteiger partial charge < -0.3 is 14.6 Å². The number of methoxy groups -OCH3 is 1. The summed E-state index contributed by atoms with van der Waals surface area (Å²) in [5, 5.41) is 7.13. The summed E-state index contributed by atoms with van der Waals surface area (Å²) in [6.07, 6.45) is 0.724. The first-order valence-electron chi connectivity index (χ1n) is 5.97. The van der Waals surface area contributed by atoms with Gasteiger partial charge in [0.1, 0.15) is 5.75 Å². The molecule has 0 aliphatic heterocycles. The Hall–Kier alpha value is -1.11. The van der Waals surface area contributed by atoms with Gasteiger partial charge in [-0.15, -0.1) is 12.4 Å². The van der Waals surface area contributed by atoms with Crippen molar-refractivity contribution in [1.29, 1.82) is 0 Å². The summed E-state index contributed by atoms with van der Waals surface area (Å²) in [6, 6.07) is 5.93. The lowest BCUT2D eigenvalue weighted by molar-refractivity contribution is 0.410. The minimum Gasteiger partial charge on any atom is -0.497 e. The number of rotatable bonds is 5. The maximum Gasteiger partial charge on any atom is 0.259 e. The molecule has 0 fully saturated rings. The number of ether oxygens (including phenoxy) is 1. The molecule has 0 saturated carbocycles. The highest BCUT2D eigenvalue weighted by Crippen LogP contribution is 2.30. The van der Waals surface area contributed by atoms with Crippen molar-refractivity contribution in [3.8, 4) is 17.2 Å². The molecule has 110 valence electrons. The standard InChI is InChI=1S/C13H16BrN3O2.ClH/c1-8(15-2)6-12-16-13(19-17-12)10-7-9(18-3)4-5-11(10)14;/h4-5,7-8,15H,6H2,1-3H3;1H. The van der Waals surface area contributed by atoms with E-state index < -0.39 is 0 Å². The maximum atomic E-state index is 5.30. The van der Waals surface area contributed by atoms with Crippen LogP contribution in [0.25, 0.3) is 11.5 Å². The van der Waals surface area contributed by atoms with E-state index in [1.165, 1.54) is 0 Å². The van der Waals surface area contributed by atoms with E-state index in [4.69, 9.17) is 9.26 Å². The van der Waals surface area contributed by atoms with Crippen LogP contribution >= 0.6 is 28.3 Å². The molecule has 2 aromatic rings. The number of aromatic nitrogens is 2. The zero-order valence-electron chi connectivity index (χ0n) is 11.5. The van der Waals surface area contributed by atoms with Crippen molar-refractivity contribution in [2.24, 2.45) is 0 Å². The molecule has 0 bridgehead atoms. The molecule has 0 aliphatic rings. The lowest BCUT2D eigenvalue weighted by atomic mass is 10.2. The number of benzene rings is 1. The molecule has 20 heavy (non-hydrogen) atoms. The third-order valence-electron chi connectivity index (χ3n) is 2.85. The van der Waals surface area contributed by atoms with E-state index in [9.17, 15) is 0 Å². The molecule has 0 aliphatic carbocycles. The average Bonchev–Trinajstić information content (AvgIpc) is 2.87. The number of nitrogens with zero attached hydrogens (tertiary/aromatic N) is 2. The first-order valence-corrected chi connectivity index (χ1v) is 6.77. The van der Waals surface area contributed by atoms with Crippen LogP contribution in [-0.2, 0) is 6.42 Å². The topological polar surface area (TPSA) is 60.2 Å². The fourth-order valence-corrected chi connectivity index (χ4v) is 2.03. The summed E-state index contributed by atoms with van der Waals surface area (Å²) in [6.45, 7) is 2.07. The Bertz CT molecular complexity index is 562. The molecule has 2 rings (SSSR count). The summed E-state index contributed by atoms with van der Waals surface area (Å²) in [5.74, 6) is 1.93. The van der Waals surface area contributed by atoms with Gasteiger partial charge in [0.2, 0.25) is 0 Å². The van der Waals surface area contributed by atoms with Gasteiger partial charge in [-0.1, -0.05) is 5.16 Å². The lowest BCUT2D eigenvalue weighted by Crippen LogP contribution is -2.24. The predicted octanol–water partition coefficient (Wildman–Crippen LogP) is 3.08. The number of likely N-dealkylation sites (N-methyl/N-ethyl adjacent to an activating group) is 1. The van der Waals surface area contributed by atoms with Gasteiger partial charge in [0.25, 0.3) is 5.89 Å². The van der Waals surface area contributed by atoms with Crippen molar-refractivity contribution >= 4 is 28.3 Å². The number of halogens is 2. The lowest BCUT2D eigenvalue weighted by Gasteiger charge is -2.05. The van der Waals surface area contributed by atoms with Crippen molar-refractivity contribution in [3.63, 3.8) is 0 Å². The van der Waals surface area contributed by atoms with Crippen molar-refractivity contribution in [1.82, 2.24) is 15.5 Å². The molecule has 0 amide bonds. The highest BCUT2D eigenvalue weighted by Gasteiger charge is 2.14. The molecule has 1 unspecified atom stereocenters. The highest BCUT2D eigenvalue weighted by molar-refractivity contribution is 9.10. The Morgan fingerprint density at radius 2 is 2.20 bits per heavy atom. The van der Waals surface area contributed by atoms with Crippen molar-refractivity contribution < 1.29 is 9.26 Å². The molecule has 0 radical (unpaired) electrons. The van der Waals surface area contributed by atoms with Gasteiger partial charge in [-0.3, -0.25) is 0 Å². The fourth-order valence-electron chi connectivity index (χ4n) is 1.62. The van der Waals surface area contributed by atoms with Gasteiger partial charge >= 0.3 is 0 Å². The molecule has 5 nitrogen and oxygen atoms in total. The zero-order chi connectivity index (χ0) is 13.8. The second kappa shape index (κ2) is 7.61. The van der Waals surface area contributed by atoms with E-state index in [0.29, 0.717) is 17.8 Å². The van der Waals surface area contributed by atoms with E-state index in [2.05, 4.69) is 38.3 Å². The zero-order valence-corrected chi connectivity index (χ0v) is 13.9. The van der Waals surface area contributed by atoms with Crippen LogP contribution in [0.3, 0.4) is 0 Å². The maximum absolute atomic E-state index is 5.30. The summed E-state index contributed by atoms with van der Waals surface area (Å²) in [4.78, 5) is 4.40. The third kappa shape index (κ3) is 3.94. The summed E-state index contributed by atoms with van der Waals surface area (Å²) in [5.41, 5.74) is 0.829. The van der Waals surface area contributed by atoms with Crippen LogP contribution in [0, 0.1) is 0 Å². The van der Waals surface area contributed by atoms with Crippen LogP contribution in [0.2, 0.25) is 0 Å². The predicted molar refractivity (Wildman–Crippen MR) is 83.5 cm³/mol. The quantitative estimate of drug-likeness (QED) is 0.885. The Balaban J connectivity index is 0.00000200. The second-order valence-electron chi connectivity index (χ2n) is 4.26. The van der Waals surface area contributed by atoms with Crippen LogP contribution in [0.4, 0.5) is 0 Å². The first-order chi connectivity index (χ1) is 9.13. The SMILES string of the molecule is CNC(C)Cc1noc(-c2cc(OC)ccc2Br)n1.Cl. The van der Waals surface area contributed by atoms with Crippen LogP contribution < -0.4 is 10.1 Å². The van der Waals surface area contributed by atoms with Crippen molar-refractivity contribution in [2.45, 2.75) is 19.4 Å². The first kappa shape index (κ1) is 16.9. The molecular formula is C13H17BrClN3O2. The van der Waals surface area contributed by atoms with E-state index in [1.54, 1.807) is 7.11 Å². The Morgan fingerprint density at radius 3 is 2.85 bits per heavy atom. The molecule has 0 saturated heterocycles. The molecule has 1 aromatic heterocycles. The van der Waals surface area contributed by atoms with E-state index in [1.807, 2.05) is 25.2 Å². The van der Waals surface area contributed by atoms with Gasteiger partial charge in [-0.05, 0) is 48.1 Å². The fraction of sp³-hybridized carbons (Fsp3) is 0.385. The van der Waals surface area contributed by atoms with Crippen LogP contribution in [0.15, 0.2) is 27.2 Å². The Labute approximate surface area is 132 Å². The van der Waals surface area contributed by atoms with E-state index in [0.717, 1.165) is 22.2 Å². The molecule has 1 aromatic carbocycles. The Morgan fingerprint density at radius 1 is 1.45 bits per heavy atom. The monoisotopic (exact) mass is 361 g/mol. The molecular weight excluding hydrogens is 346 g/mol. The molecule has 7 heteroatoms. The largest absolute Gasteiger partial charge is 0.497 e. The van der Waals surface area contributed by atoms with Gasteiger partial charge in [0, 0.05) is 16.9 Å². The highest BCUT2D eigenvalue weighted by atomic mass is 79.9. The molecule has 1 N–H and O–H groups in total. The number of hydrogen-bond donors (Lipinski definition) is 1. The smallest absolute Gasteiger partial charge is 0.259 e. The normalized spacial score (nSPS) is 11.8. The summed E-state index contributed by atoms with van der Waals surface area (Å²) in [7, 11) is 3.53. The number of hydrogen-bond acceptors (Lipinski definition) is 5. The number of nitrogens with one attached hydrogen (secondary N) is 1. The van der Waals surface area contributed by atoms with Crippen LogP contribution in [-0.4, -0.2) is 30.3 Å². The summed E-state index contributed by atoms with van der Waals surface area (Å²) < 4.78 is 11.4. The van der Waals surface area contributed by atoms with Gasteiger partial charge in [0.15, 0.2) is 5.82 Å². The minimum atomic E-state index is 0. The van der Waals surface area contributed by atoms with Gasteiger partial charge in [0.05, 0.1) is 12.7 Å². The molecule has 0 spiro atoms. The summed E-state index contributed by atoms with van der Waals surface area (Å²) >= 11 is 3.47. The minimum absolute atomic E-state index is 0. The van der Waals surface area contributed by atoms with Crippen LogP contribution in [0.5, 0.6) is 5.75 Å². The molecule has 1 atom stereocenters. The van der Waals surface area contributed by atoms with Crippen molar-refractivity contribution in [2.75, 3.05) is 14.2 Å². The third-order valence-corrected chi connectivity index (χ3v) is 3.55. The Kier molecular flexibility index (Phi) is 6.45. The van der Waals surface area contributed by atoms with Crippen molar-refractivity contribution in [3.05, 3.63) is 28.5 Å². The van der Waals surface area contributed by atoms with Crippen LogP contribution in [0.1, 0.15) is 12.7 Å². The average molecular weight is 363 g/mol. The second-order valence-corrected chi connectivity index (χ2v) is 5.11.